The Labute approximate surface area is 206 Å². The van der Waals surface area contributed by atoms with Crippen molar-refractivity contribution in [3.05, 3.63) is 48.3 Å². The first kappa shape index (κ1) is 27.6. The molecule has 0 aliphatic rings. The summed E-state index contributed by atoms with van der Waals surface area (Å²) in [6.45, 7) is 6.66. The van der Waals surface area contributed by atoms with Crippen molar-refractivity contribution in [2.24, 2.45) is 0 Å². The van der Waals surface area contributed by atoms with Crippen molar-refractivity contribution in [3.8, 4) is 17.2 Å². The number of aromatic nitrogens is 1. The summed E-state index contributed by atoms with van der Waals surface area (Å²) in [6.07, 6.45) is 3.98. The van der Waals surface area contributed by atoms with E-state index in [0.717, 1.165) is 19.3 Å². The highest BCUT2D eigenvalue weighted by Crippen LogP contribution is 2.29. The summed E-state index contributed by atoms with van der Waals surface area (Å²) >= 11 is 0. The summed E-state index contributed by atoms with van der Waals surface area (Å²) in [7, 11) is 1.38. The third kappa shape index (κ3) is 8.59. The Morgan fingerprint density at radius 2 is 1.77 bits per heavy atom. The van der Waals surface area contributed by atoms with Gasteiger partial charge in [0.25, 0.3) is 5.91 Å². The molecule has 2 aromatic rings. The number of esters is 2. The average molecular weight is 487 g/mol. The van der Waals surface area contributed by atoms with Crippen LogP contribution < -0.4 is 19.5 Å². The van der Waals surface area contributed by atoms with E-state index in [-0.39, 0.29) is 17.2 Å². The zero-order valence-corrected chi connectivity index (χ0v) is 20.9. The lowest BCUT2D eigenvalue weighted by atomic mass is 10.1. The summed E-state index contributed by atoms with van der Waals surface area (Å²) in [4.78, 5) is 41.2. The van der Waals surface area contributed by atoms with E-state index in [0.29, 0.717) is 12.2 Å². The molecule has 1 heterocycles. The number of hydrogen-bond donors (Lipinski definition) is 1. The molecular weight excluding hydrogens is 452 g/mol. The minimum Gasteiger partial charge on any atom is -0.493 e. The lowest BCUT2D eigenvalue weighted by Crippen LogP contribution is -2.43. The zero-order valence-electron chi connectivity index (χ0n) is 20.9. The Morgan fingerprint density at radius 3 is 2.40 bits per heavy atom. The van der Waals surface area contributed by atoms with Crippen LogP contribution in [0.4, 0.5) is 0 Å². The molecule has 0 unspecified atom stereocenters. The number of amides is 1. The van der Waals surface area contributed by atoms with E-state index >= 15 is 0 Å². The molecule has 0 aliphatic carbocycles. The van der Waals surface area contributed by atoms with Gasteiger partial charge < -0.3 is 24.3 Å². The Balaban J connectivity index is 2.10. The minimum atomic E-state index is -0.988. The second kappa shape index (κ2) is 13.9. The molecule has 0 aliphatic heterocycles. The summed E-state index contributed by atoms with van der Waals surface area (Å²) in [5, 5.41) is 2.56. The van der Waals surface area contributed by atoms with Gasteiger partial charge in [0.2, 0.25) is 5.75 Å². The fourth-order valence-corrected chi connectivity index (χ4v) is 3.35. The third-order valence-corrected chi connectivity index (χ3v) is 5.20. The van der Waals surface area contributed by atoms with E-state index in [9.17, 15) is 14.4 Å². The molecule has 2 rings (SSSR count). The average Bonchev–Trinajstić information content (AvgIpc) is 2.83. The molecule has 190 valence electrons. The molecule has 1 aromatic heterocycles. The normalized spacial score (nSPS) is 13.2. The molecule has 0 saturated heterocycles. The fraction of sp³-hybridized carbons (Fsp3) is 0.462. The minimum absolute atomic E-state index is 0.122. The molecule has 0 saturated carbocycles. The van der Waals surface area contributed by atoms with Gasteiger partial charge in [0.05, 0.1) is 7.11 Å². The van der Waals surface area contributed by atoms with E-state index in [2.05, 4.69) is 17.2 Å². The number of hydrogen-bond acceptors (Lipinski definition) is 8. The van der Waals surface area contributed by atoms with Crippen LogP contribution in [0.3, 0.4) is 0 Å². The Hall–Kier alpha value is -3.62. The molecule has 35 heavy (non-hydrogen) atoms. The van der Waals surface area contributed by atoms with Crippen LogP contribution in [-0.2, 0) is 14.3 Å². The van der Waals surface area contributed by atoms with Crippen molar-refractivity contribution < 1.29 is 33.3 Å². The maximum Gasteiger partial charge on any atom is 0.328 e. The summed E-state index contributed by atoms with van der Waals surface area (Å²) in [5.41, 5.74) is -0.181. The largest absolute Gasteiger partial charge is 0.493 e. The van der Waals surface area contributed by atoms with E-state index in [4.69, 9.17) is 18.9 Å². The Morgan fingerprint density at radius 1 is 1.06 bits per heavy atom. The number of pyridine rings is 1. The standard InChI is InChI=1S/C26H34N2O7/c1-6-7-9-14-21(18(3)33-20-12-10-8-11-13-20)35-26(31)17(2)28-25(30)23-24(34-19(4)29)22(32-5)15-16-27-23/h8,10-13,15-18,21H,6-7,9,14H2,1-5H3,(H,28,30)/t17-,18+,21+/m0/s1. The number of para-hydroxylation sites is 1. The van der Waals surface area contributed by atoms with Crippen LogP contribution in [0.5, 0.6) is 17.2 Å². The highest BCUT2D eigenvalue weighted by molar-refractivity contribution is 5.98. The summed E-state index contributed by atoms with van der Waals surface area (Å²) in [5.74, 6) is -1.23. The number of carbonyl (C=O) groups excluding carboxylic acids is 3. The number of nitrogens with zero attached hydrogens (tertiary/aromatic N) is 1. The van der Waals surface area contributed by atoms with Crippen LogP contribution in [-0.4, -0.2) is 48.2 Å². The van der Waals surface area contributed by atoms with Gasteiger partial charge in [-0.15, -0.1) is 0 Å². The van der Waals surface area contributed by atoms with Crippen molar-refractivity contribution in [1.29, 1.82) is 0 Å². The molecule has 9 nitrogen and oxygen atoms in total. The quantitative estimate of drug-likeness (QED) is 0.333. The van der Waals surface area contributed by atoms with Crippen LogP contribution >= 0.6 is 0 Å². The number of nitrogens with one attached hydrogen (secondary N) is 1. The van der Waals surface area contributed by atoms with Gasteiger partial charge in [-0.1, -0.05) is 38.0 Å². The number of carbonyl (C=O) groups is 3. The highest BCUT2D eigenvalue weighted by Gasteiger charge is 2.28. The zero-order chi connectivity index (χ0) is 25.8. The number of methoxy groups -OCH3 is 1. The van der Waals surface area contributed by atoms with Crippen molar-refractivity contribution in [3.63, 3.8) is 0 Å². The predicted molar refractivity (Wildman–Crippen MR) is 130 cm³/mol. The summed E-state index contributed by atoms with van der Waals surface area (Å²) in [6, 6.07) is 9.78. The second-order valence-corrected chi connectivity index (χ2v) is 8.09. The Bertz CT molecular complexity index is 981. The first-order chi connectivity index (χ1) is 16.8. The molecule has 0 bridgehead atoms. The number of unbranched alkanes of at least 4 members (excludes halogenated alkanes) is 2. The first-order valence-corrected chi connectivity index (χ1v) is 11.7. The predicted octanol–water partition coefficient (Wildman–Crippen LogP) is 4.09. The maximum atomic E-state index is 12.9. The molecule has 0 fully saturated rings. The number of ether oxygens (including phenoxy) is 4. The van der Waals surface area contributed by atoms with E-state index < -0.39 is 36.1 Å². The van der Waals surface area contributed by atoms with Crippen molar-refractivity contribution in [1.82, 2.24) is 10.3 Å². The molecule has 0 spiro atoms. The van der Waals surface area contributed by atoms with Gasteiger partial charge in [0.1, 0.15) is 24.0 Å². The van der Waals surface area contributed by atoms with E-state index in [1.807, 2.05) is 37.3 Å². The van der Waals surface area contributed by atoms with Gasteiger partial charge in [-0.3, -0.25) is 9.59 Å². The van der Waals surface area contributed by atoms with Gasteiger partial charge >= 0.3 is 11.9 Å². The topological polar surface area (TPSA) is 113 Å². The van der Waals surface area contributed by atoms with E-state index in [1.165, 1.54) is 33.2 Å². The van der Waals surface area contributed by atoms with Gasteiger partial charge in [-0.2, -0.15) is 0 Å². The highest BCUT2D eigenvalue weighted by atomic mass is 16.6. The number of benzene rings is 1. The monoisotopic (exact) mass is 486 g/mol. The molecule has 1 amide bonds. The van der Waals surface area contributed by atoms with Crippen LogP contribution in [0, 0.1) is 0 Å². The van der Waals surface area contributed by atoms with Crippen LogP contribution in [0.15, 0.2) is 42.6 Å². The summed E-state index contributed by atoms with van der Waals surface area (Å²) < 4.78 is 22.0. The fourth-order valence-electron chi connectivity index (χ4n) is 3.35. The van der Waals surface area contributed by atoms with E-state index in [1.54, 1.807) is 0 Å². The second-order valence-electron chi connectivity index (χ2n) is 8.09. The van der Waals surface area contributed by atoms with Crippen LogP contribution in [0.1, 0.15) is 63.9 Å². The molecule has 9 heteroatoms. The van der Waals surface area contributed by atoms with Gasteiger partial charge in [0.15, 0.2) is 11.4 Å². The van der Waals surface area contributed by atoms with Gasteiger partial charge in [0, 0.05) is 19.2 Å². The van der Waals surface area contributed by atoms with Crippen LogP contribution in [0.25, 0.3) is 0 Å². The smallest absolute Gasteiger partial charge is 0.328 e. The molecule has 1 N–H and O–H groups in total. The molecule has 1 aromatic carbocycles. The molecule has 3 atom stereocenters. The lowest BCUT2D eigenvalue weighted by Gasteiger charge is -2.26. The van der Waals surface area contributed by atoms with Crippen molar-refractivity contribution >= 4 is 17.8 Å². The van der Waals surface area contributed by atoms with Crippen LogP contribution in [0.2, 0.25) is 0 Å². The number of rotatable bonds is 13. The molecular formula is C26H34N2O7. The van der Waals surface area contributed by atoms with Gasteiger partial charge in [-0.05, 0) is 38.8 Å². The van der Waals surface area contributed by atoms with Crippen molar-refractivity contribution in [2.75, 3.05) is 7.11 Å². The molecule has 0 radical (unpaired) electrons. The van der Waals surface area contributed by atoms with Crippen molar-refractivity contribution in [2.45, 2.75) is 71.6 Å². The maximum absolute atomic E-state index is 12.9. The lowest BCUT2D eigenvalue weighted by molar-refractivity contribution is -0.156. The SMILES string of the molecule is CCCCC[C@@H](OC(=O)[C@H](C)NC(=O)c1nccc(OC)c1OC(C)=O)[C@@H](C)Oc1ccccc1. The third-order valence-electron chi connectivity index (χ3n) is 5.20. The first-order valence-electron chi connectivity index (χ1n) is 11.7. The van der Waals surface area contributed by atoms with Gasteiger partial charge in [-0.25, -0.2) is 9.78 Å². The Kier molecular flexibility index (Phi) is 11.0.